The van der Waals surface area contributed by atoms with E-state index in [-0.39, 0.29) is 22.6 Å². The first kappa shape index (κ1) is 18.7. The summed E-state index contributed by atoms with van der Waals surface area (Å²) in [6.45, 7) is 0. The first-order valence-electron chi connectivity index (χ1n) is 8.52. The van der Waals surface area contributed by atoms with Gasteiger partial charge in [-0.15, -0.1) is 5.10 Å². The van der Waals surface area contributed by atoms with Crippen LogP contribution in [0.15, 0.2) is 24.4 Å². The van der Waals surface area contributed by atoms with Crippen LogP contribution in [0.25, 0.3) is 0 Å². The fourth-order valence-corrected chi connectivity index (χ4v) is 3.13. The summed E-state index contributed by atoms with van der Waals surface area (Å²) in [4.78, 5) is 4.29. The van der Waals surface area contributed by atoms with E-state index in [1.807, 2.05) is 0 Å². The van der Waals surface area contributed by atoms with E-state index >= 15 is 0 Å². The first-order chi connectivity index (χ1) is 12.4. The molecule has 0 radical (unpaired) electrons. The minimum Gasteiger partial charge on any atom is -0.350 e. The topological polar surface area (TPSA) is 62.7 Å². The van der Waals surface area contributed by atoms with Crippen LogP contribution in [0.4, 0.5) is 30.6 Å². The summed E-state index contributed by atoms with van der Waals surface area (Å²) in [6, 6.07) is 3.37. The number of anilines is 3. The molecule has 0 unspecified atom stereocenters. The van der Waals surface area contributed by atoms with E-state index in [9.17, 15) is 13.2 Å². The number of nitrogens with zero attached hydrogens (tertiary/aromatic N) is 3. The van der Waals surface area contributed by atoms with Crippen LogP contribution >= 0.6 is 11.6 Å². The molecule has 3 rings (SSSR count). The third-order valence-corrected chi connectivity index (χ3v) is 4.63. The number of alkyl halides is 3. The second kappa shape index (κ2) is 8.07. The number of benzene rings is 1. The summed E-state index contributed by atoms with van der Waals surface area (Å²) in [7, 11) is 0. The van der Waals surface area contributed by atoms with Gasteiger partial charge in [-0.05, 0) is 31.0 Å². The second-order valence-electron chi connectivity index (χ2n) is 6.32. The van der Waals surface area contributed by atoms with Gasteiger partial charge in [-0.1, -0.05) is 37.3 Å². The minimum atomic E-state index is -4.45. The molecule has 1 aliphatic carbocycles. The molecule has 0 spiro atoms. The third-order valence-electron chi connectivity index (χ3n) is 4.30. The summed E-state index contributed by atoms with van der Waals surface area (Å²) >= 11 is 6.00. The van der Waals surface area contributed by atoms with Crippen LogP contribution in [0, 0.1) is 0 Å². The van der Waals surface area contributed by atoms with Gasteiger partial charge in [-0.2, -0.15) is 23.3 Å². The molecule has 2 N–H and O–H groups in total. The van der Waals surface area contributed by atoms with E-state index in [2.05, 4.69) is 25.8 Å². The van der Waals surface area contributed by atoms with Gasteiger partial charge in [0.2, 0.25) is 5.95 Å². The number of halogens is 4. The molecule has 5 nitrogen and oxygen atoms in total. The number of nitrogens with one attached hydrogen (secondary N) is 2. The highest BCUT2D eigenvalue weighted by atomic mass is 35.5. The Kier molecular flexibility index (Phi) is 5.80. The maximum atomic E-state index is 12.9. The van der Waals surface area contributed by atoms with Crippen LogP contribution in [0.1, 0.15) is 44.1 Å². The Balaban J connectivity index is 1.74. The molecule has 1 saturated carbocycles. The van der Waals surface area contributed by atoms with E-state index in [1.54, 1.807) is 0 Å². The zero-order valence-electron chi connectivity index (χ0n) is 14.0. The zero-order valence-corrected chi connectivity index (χ0v) is 14.7. The molecule has 1 fully saturated rings. The smallest absolute Gasteiger partial charge is 0.350 e. The molecule has 0 saturated heterocycles. The van der Waals surface area contributed by atoms with E-state index in [1.165, 1.54) is 25.1 Å². The Morgan fingerprint density at radius 2 is 1.81 bits per heavy atom. The van der Waals surface area contributed by atoms with Gasteiger partial charge >= 0.3 is 6.18 Å². The number of aromatic nitrogens is 3. The number of hydrogen-bond acceptors (Lipinski definition) is 5. The molecule has 140 valence electrons. The largest absolute Gasteiger partial charge is 0.416 e. The standard InChI is InChI=1S/C17H19ClF3N5/c18-13-8-7-11(17(19,20)21)9-14(13)24-15-10-22-26-16(25-15)23-12-5-3-1-2-4-6-12/h7-10,12H,1-6H2,(H2,23,24,25,26). The summed E-state index contributed by atoms with van der Waals surface area (Å²) in [5.74, 6) is 0.627. The van der Waals surface area contributed by atoms with Crippen molar-refractivity contribution in [1.82, 2.24) is 15.2 Å². The lowest BCUT2D eigenvalue weighted by molar-refractivity contribution is -0.137. The van der Waals surface area contributed by atoms with Gasteiger partial charge < -0.3 is 10.6 Å². The monoisotopic (exact) mass is 385 g/mol. The number of rotatable bonds is 4. The van der Waals surface area contributed by atoms with Crippen LogP contribution in [0.5, 0.6) is 0 Å². The van der Waals surface area contributed by atoms with Gasteiger partial charge in [0.25, 0.3) is 0 Å². The Bertz CT molecular complexity index is 745. The highest BCUT2D eigenvalue weighted by Gasteiger charge is 2.31. The van der Waals surface area contributed by atoms with Gasteiger partial charge in [0.1, 0.15) is 0 Å². The number of hydrogen-bond donors (Lipinski definition) is 2. The average Bonchev–Trinajstić information content (AvgIpc) is 2.85. The highest BCUT2D eigenvalue weighted by Crippen LogP contribution is 2.34. The predicted octanol–water partition coefficient (Wildman–Crippen LogP) is 5.42. The normalized spacial score (nSPS) is 16.2. The molecular weight excluding hydrogens is 367 g/mol. The van der Waals surface area contributed by atoms with E-state index in [4.69, 9.17) is 11.6 Å². The average molecular weight is 386 g/mol. The summed E-state index contributed by atoms with van der Waals surface area (Å²) in [6.07, 6.45) is 3.75. The fraction of sp³-hybridized carbons (Fsp3) is 0.471. The van der Waals surface area contributed by atoms with Crippen molar-refractivity contribution in [2.24, 2.45) is 0 Å². The molecule has 9 heteroatoms. The van der Waals surface area contributed by atoms with Gasteiger partial charge in [0, 0.05) is 6.04 Å². The molecule has 1 aliphatic rings. The first-order valence-corrected chi connectivity index (χ1v) is 8.89. The van der Waals surface area contributed by atoms with Crippen LogP contribution in [-0.2, 0) is 6.18 Å². The maximum absolute atomic E-state index is 12.9. The quantitative estimate of drug-likeness (QED) is 0.688. The van der Waals surface area contributed by atoms with Crippen molar-refractivity contribution in [3.63, 3.8) is 0 Å². The molecule has 1 aromatic carbocycles. The lowest BCUT2D eigenvalue weighted by atomic mass is 10.1. The Hall–Kier alpha value is -2.09. The van der Waals surface area contributed by atoms with Crippen molar-refractivity contribution in [2.75, 3.05) is 10.6 Å². The van der Waals surface area contributed by atoms with Crippen LogP contribution in [0.2, 0.25) is 5.02 Å². The van der Waals surface area contributed by atoms with Crippen LogP contribution in [-0.4, -0.2) is 21.2 Å². The second-order valence-corrected chi connectivity index (χ2v) is 6.72. The van der Waals surface area contributed by atoms with Gasteiger partial charge in [-0.25, -0.2) is 0 Å². The van der Waals surface area contributed by atoms with Crippen molar-refractivity contribution >= 4 is 29.1 Å². The fourth-order valence-electron chi connectivity index (χ4n) is 2.97. The molecule has 0 amide bonds. The van der Waals surface area contributed by atoms with Crippen LogP contribution < -0.4 is 10.6 Å². The maximum Gasteiger partial charge on any atom is 0.416 e. The molecular formula is C17H19ClF3N5. The lowest BCUT2D eigenvalue weighted by Gasteiger charge is -2.16. The van der Waals surface area contributed by atoms with Crippen LogP contribution in [0.3, 0.4) is 0 Å². The predicted molar refractivity (Wildman–Crippen MR) is 94.7 cm³/mol. The van der Waals surface area contributed by atoms with Crippen molar-refractivity contribution in [3.8, 4) is 0 Å². The SMILES string of the molecule is FC(F)(F)c1ccc(Cl)c(Nc2cnnc(NC3CCCCCC3)n2)c1. The minimum absolute atomic E-state index is 0.113. The van der Waals surface area contributed by atoms with E-state index in [0.717, 1.165) is 37.8 Å². The molecule has 1 heterocycles. The third kappa shape index (κ3) is 4.97. The molecule has 0 atom stereocenters. The van der Waals surface area contributed by atoms with Crippen molar-refractivity contribution in [2.45, 2.75) is 50.7 Å². The lowest BCUT2D eigenvalue weighted by Crippen LogP contribution is -2.20. The van der Waals surface area contributed by atoms with Crippen molar-refractivity contribution in [1.29, 1.82) is 0 Å². The molecule has 0 aliphatic heterocycles. The molecule has 26 heavy (non-hydrogen) atoms. The Labute approximate surface area is 154 Å². The van der Waals surface area contributed by atoms with Crippen molar-refractivity contribution in [3.05, 3.63) is 35.0 Å². The summed E-state index contributed by atoms with van der Waals surface area (Å²) in [5, 5.41) is 14.0. The molecule has 0 bridgehead atoms. The Morgan fingerprint density at radius 3 is 2.50 bits per heavy atom. The molecule has 1 aromatic heterocycles. The van der Waals surface area contributed by atoms with Gasteiger partial charge in [0.05, 0.1) is 22.5 Å². The van der Waals surface area contributed by atoms with Gasteiger partial charge in [0.15, 0.2) is 5.82 Å². The Morgan fingerprint density at radius 1 is 1.08 bits per heavy atom. The van der Waals surface area contributed by atoms with Gasteiger partial charge in [-0.3, -0.25) is 0 Å². The van der Waals surface area contributed by atoms with Crippen molar-refractivity contribution < 1.29 is 13.2 Å². The summed E-state index contributed by atoms with van der Waals surface area (Å²) < 4.78 is 38.6. The van der Waals surface area contributed by atoms with E-state index in [0.29, 0.717) is 5.95 Å². The highest BCUT2D eigenvalue weighted by molar-refractivity contribution is 6.33. The zero-order chi connectivity index (χ0) is 18.6. The van der Waals surface area contributed by atoms with E-state index < -0.39 is 11.7 Å². The summed E-state index contributed by atoms with van der Waals surface area (Å²) in [5.41, 5.74) is -0.675. The molecule has 2 aromatic rings.